The third-order valence-corrected chi connectivity index (χ3v) is 2.40. The smallest absolute Gasteiger partial charge is 0.125 e. The molecule has 0 bridgehead atoms. The van der Waals surface area contributed by atoms with Crippen molar-refractivity contribution in [2.45, 2.75) is 39.4 Å². The van der Waals surface area contributed by atoms with Crippen LogP contribution >= 0.6 is 0 Å². The van der Waals surface area contributed by atoms with Gasteiger partial charge in [-0.2, -0.15) is 0 Å². The third kappa shape index (κ3) is 3.20. The Hall–Kier alpha value is -1.09. The van der Waals surface area contributed by atoms with E-state index in [-0.39, 0.29) is 18.5 Å². The summed E-state index contributed by atoms with van der Waals surface area (Å²) in [4.78, 5) is 0. The molecular formula is C12H17FO2. The highest BCUT2D eigenvalue weighted by Gasteiger charge is 2.09. The normalized spacial score (nSPS) is 10.7. The van der Waals surface area contributed by atoms with Crippen LogP contribution in [-0.4, -0.2) is 11.2 Å². The van der Waals surface area contributed by atoms with Gasteiger partial charge in [0.1, 0.15) is 11.6 Å². The lowest BCUT2D eigenvalue weighted by Gasteiger charge is -2.17. The van der Waals surface area contributed by atoms with Crippen molar-refractivity contribution in [1.82, 2.24) is 0 Å². The average molecular weight is 212 g/mol. The first-order chi connectivity index (χ1) is 7.21. The summed E-state index contributed by atoms with van der Waals surface area (Å²) in [6.07, 6.45) is 1.93. The molecule has 3 heteroatoms. The van der Waals surface area contributed by atoms with Crippen molar-refractivity contribution in [2.75, 3.05) is 0 Å². The van der Waals surface area contributed by atoms with Gasteiger partial charge in [0.2, 0.25) is 0 Å². The van der Waals surface area contributed by atoms with E-state index in [0.717, 1.165) is 12.8 Å². The molecule has 0 saturated heterocycles. The molecule has 1 aromatic rings. The Bertz CT molecular complexity index is 308. The number of ether oxygens (including phenoxy) is 1. The van der Waals surface area contributed by atoms with E-state index in [1.807, 2.05) is 13.8 Å². The van der Waals surface area contributed by atoms with Crippen LogP contribution < -0.4 is 4.74 Å². The fraction of sp³-hybridized carbons (Fsp3) is 0.500. The largest absolute Gasteiger partial charge is 0.490 e. The molecule has 0 heterocycles. The summed E-state index contributed by atoms with van der Waals surface area (Å²) in [5.74, 6) is 0.226. The van der Waals surface area contributed by atoms with E-state index in [4.69, 9.17) is 9.84 Å². The van der Waals surface area contributed by atoms with Crippen LogP contribution in [0.3, 0.4) is 0 Å². The average Bonchev–Trinajstić information content (AvgIpc) is 2.27. The van der Waals surface area contributed by atoms with Gasteiger partial charge in [0.05, 0.1) is 12.7 Å². The van der Waals surface area contributed by atoms with Crippen molar-refractivity contribution in [3.63, 3.8) is 0 Å². The van der Waals surface area contributed by atoms with Crippen molar-refractivity contribution in [3.8, 4) is 5.75 Å². The molecule has 0 saturated carbocycles. The molecule has 0 unspecified atom stereocenters. The van der Waals surface area contributed by atoms with Crippen molar-refractivity contribution in [2.24, 2.45) is 0 Å². The van der Waals surface area contributed by atoms with Crippen LogP contribution in [0.2, 0.25) is 0 Å². The summed E-state index contributed by atoms with van der Waals surface area (Å²) in [5.41, 5.74) is 0.502. The minimum absolute atomic E-state index is 0.126. The maximum Gasteiger partial charge on any atom is 0.125 e. The molecular weight excluding hydrogens is 195 g/mol. The van der Waals surface area contributed by atoms with Crippen molar-refractivity contribution in [1.29, 1.82) is 0 Å². The number of rotatable bonds is 5. The van der Waals surface area contributed by atoms with Crippen molar-refractivity contribution < 1.29 is 14.2 Å². The molecule has 1 rings (SSSR count). The fourth-order valence-corrected chi connectivity index (χ4v) is 1.42. The molecule has 0 atom stereocenters. The van der Waals surface area contributed by atoms with Gasteiger partial charge in [0.15, 0.2) is 0 Å². The number of aliphatic hydroxyl groups is 1. The number of aliphatic hydroxyl groups excluding tert-OH is 1. The van der Waals surface area contributed by atoms with Crippen molar-refractivity contribution >= 4 is 0 Å². The molecule has 0 fully saturated rings. The molecule has 84 valence electrons. The topological polar surface area (TPSA) is 29.5 Å². The van der Waals surface area contributed by atoms with E-state index < -0.39 is 0 Å². The maximum absolute atomic E-state index is 12.9. The second kappa shape index (κ2) is 5.71. The molecule has 1 aromatic carbocycles. The Morgan fingerprint density at radius 2 is 2.00 bits per heavy atom. The van der Waals surface area contributed by atoms with Crippen molar-refractivity contribution in [3.05, 3.63) is 29.6 Å². The van der Waals surface area contributed by atoms with Crippen LogP contribution in [0.5, 0.6) is 5.75 Å². The Morgan fingerprint density at radius 1 is 1.33 bits per heavy atom. The highest BCUT2D eigenvalue weighted by molar-refractivity contribution is 5.33. The molecule has 0 aliphatic heterocycles. The van der Waals surface area contributed by atoms with Crippen LogP contribution in [0.15, 0.2) is 18.2 Å². The van der Waals surface area contributed by atoms with Crippen LogP contribution in [0.25, 0.3) is 0 Å². The van der Waals surface area contributed by atoms with E-state index in [0.29, 0.717) is 11.3 Å². The highest BCUT2D eigenvalue weighted by atomic mass is 19.1. The van der Waals surface area contributed by atoms with Gasteiger partial charge in [0, 0.05) is 5.56 Å². The van der Waals surface area contributed by atoms with Gasteiger partial charge >= 0.3 is 0 Å². The zero-order valence-electron chi connectivity index (χ0n) is 9.16. The lowest BCUT2D eigenvalue weighted by atomic mass is 10.2. The second-order valence-corrected chi connectivity index (χ2v) is 3.47. The molecule has 0 radical (unpaired) electrons. The minimum Gasteiger partial charge on any atom is -0.490 e. The highest BCUT2D eigenvalue weighted by Crippen LogP contribution is 2.22. The van der Waals surface area contributed by atoms with E-state index in [1.54, 1.807) is 6.07 Å². The summed E-state index contributed by atoms with van der Waals surface area (Å²) in [5, 5.41) is 9.05. The summed E-state index contributed by atoms with van der Waals surface area (Å²) < 4.78 is 18.5. The van der Waals surface area contributed by atoms with Gasteiger partial charge in [-0.05, 0) is 31.0 Å². The molecule has 0 amide bonds. The van der Waals surface area contributed by atoms with Crippen LogP contribution in [0.4, 0.5) is 4.39 Å². The first-order valence-electron chi connectivity index (χ1n) is 5.27. The van der Waals surface area contributed by atoms with Crippen LogP contribution in [0.1, 0.15) is 32.3 Å². The summed E-state index contributed by atoms with van der Waals surface area (Å²) in [6.45, 7) is 3.87. The predicted octanol–water partition coefficient (Wildman–Crippen LogP) is 2.89. The predicted molar refractivity (Wildman–Crippen MR) is 57.3 cm³/mol. The molecule has 0 aliphatic carbocycles. The summed E-state index contributed by atoms with van der Waals surface area (Å²) in [7, 11) is 0. The quantitative estimate of drug-likeness (QED) is 0.813. The number of halogens is 1. The second-order valence-electron chi connectivity index (χ2n) is 3.47. The van der Waals surface area contributed by atoms with Gasteiger partial charge in [-0.1, -0.05) is 13.8 Å². The number of hydrogen-bond donors (Lipinski definition) is 1. The lowest BCUT2D eigenvalue weighted by Crippen LogP contribution is -2.14. The Kier molecular flexibility index (Phi) is 4.56. The standard InChI is InChI=1S/C12H17FO2/c1-3-11(4-2)15-12-6-5-10(13)7-9(12)8-14/h5-7,11,14H,3-4,8H2,1-2H3. The van der Waals surface area contributed by atoms with Gasteiger partial charge in [0.25, 0.3) is 0 Å². The van der Waals surface area contributed by atoms with Gasteiger partial charge in [-0.3, -0.25) is 0 Å². The van der Waals surface area contributed by atoms with Crippen LogP contribution in [-0.2, 0) is 6.61 Å². The lowest BCUT2D eigenvalue weighted by molar-refractivity contribution is 0.184. The van der Waals surface area contributed by atoms with E-state index >= 15 is 0 Å². The first kappa shape index (κ1) is 12.0. The van der Waals surface area contributed by atoms with E-state index in [2.05, 4.69) is 0 Å². The molecule has 0 aromatic heterocycles. The van der Waals surface area contributed by atoms with E-state index in [9.17, 15) is 4.39 Å². The first-order valence-corrected chi connectivity index (χ1v) is 5.27. The molecule has 15 heavy (non-hydrogen) atoms. The molecule has 0 aliphatic rings. The number of benzene rings is 1. The Balaban J connectivity index is 2.83. The zero-order chi connectivity index (χ0) is 11.3. The SMILES string of the molecule is CCC(CC)Oc1ccc(F)cc1CO. The minimum atomic E-state index is -0.351. The maximum atomic E-state index is 12.9. The van der Waals surface area contributed by atoms with Gasteiger partial charge in [-0.15, -0.1) is 0 Å². The van der Waals surface area contributed by atoms with Gasteiger partial charge in [-0.25, -0.2) is 4.39 Å². The third-order valence-electron chi connectivity index (χ3n) is 2.40. The molecule has 0 spiro atoms. The molecule has 2 nitrogen and oxygen atoms in total. The Morgan fingerprint density at radius 3 is 2.53 bits per heavy atom. The van der Waals surface area contributed by atoms with Crippen LogP contribution in [0, 0.1) is 5.82 Å². The number of hydrogen-bond acceptors (Lipinski definition) is 2. The fourth-order valence-electron chi connectivity index (χ4n) is 1.42. The monoisotopic (exact) mass is 212 g/mol. The van der Waals surface area contributed by atoms with Gasteiger partial charge < -0.3 is 9.84 Å². The van der Waals surface area contributed by atoms with E-state index in [1.165, 1.54) is 12.1 Å². The zero-order valence-corrected chi connectivity index (χ0v) is 9.16. The molecule has 1 N–H and O–H groups in total. The Labute approximate surface area is 89.7 Å². The summed E-state index contributed by atoms with van der Waals surface area (Å²) >= 11 is 0. The summed E-state index contributed by atoms with van der Waals surface area (Å²) in [6, 6.07) is 4.22.